The molecule has 0 bridgehead atoms. The van der Waals surface area contributed by atoms with Crippen molar-refractivity contribution in [1.82, 2.24) is 0 Å². The van der Waals surface area contributed by atoms with Gasteiger partial charge in [0.15, 0.2) is 0 Å². The average molecular weight is 250 g/mol. The number of ether oxygens (including phenoxy) is 2. The van der Waals surface area contributed by atoms with Crippen LogP contribution in [0, 0.1) is 0 Å². The molecule has 1 aromatic rings. The molecular formula is C9H8LiO6P. The van der Waals surface area contributed by atoms with E-state index in [0.717, 1.165) is 0 Å². The first kappa shape index (κ1) is 14.1. The van der Waals surface area contributed by atoms with Crippen molar-refractivity contribution >= 4 is 13.8 Å². The first-order chi connectivity index (χ1) is 7.58. The van der Waals surface area contributed by atoms with Crippen molar-refractivity contribution in [3.05, 3.63) is 30.3 Å². The van der Waals surface area contributed by atoms with E-state index < -0.39 is 19.6 Å². The second-order valence-corrected chi connectivity index (χ2v) is 4.92. The van der Waals surface area contributed by atoms with Gasteiger partial charge in [-0.3, -0.25) is 4.57 Å². The van der Waals surface area contributed by atoms with Gasteiger partial charge < -0.3 is 18.9 Å². The second-order valence-electron chi connectivity index (χ2n) is 3.08. The van der Waals surface area contributed by atoms with Gasteiger partial charge in [0.05, 0.1) is 0 Å². The Bertz CT molecular complexity index is 436. The van der Waals surface area contributed by atoms with Crippen LogP contribution in [0.3, 0.4) is 0 Å². The molecule has 17 heavy (non-hydrogen) atoms. The molecule has 1 saturated heterocycles. The molecular weight excluding hydrogens is 242 g/mol. The van der Waals surface area contributed by atoms with Gasteiger partial charge >= 0.3 is 25.0 Å². The average Bonchev–Trinajstić information content (AvgIpc) is 2.66. The third-order valence-corrected chi connectivity index (χ3v) is 3.33. The summed E-state index contributed by atoms with van der Waals surface area (Å²) in [5.74, 6) is -1.20. The molecule has 0 radical (unpaired) electrons. The smallest absolute Gasteiger partial charge is 0.766 e. The Morgan fingerprint density at radius 1 is 1.35 bits per heavy atom. The number of para-hydroxylation sites is 1. The van der Waals surface area contributed by atoms with Crippen molar-refractivity contribution in [2.45, 2.75) is 5.85 Å². The van der Waals surface area contributed by atoms with Crippen LogP contribution in [0.5, 0.6) is 5.75 Å². The Balaban J connectivity index is 0.00000144. The minimum absolute atomic E-state index is 0. The largest absolute Gasteiger partial charge is 1.00 e. The standard InChI is InChI=1S/C9H9O6P.Li/c10-9-13-6-8(14-9)16(11,12)15-7-4-2-1-3-5-7;/h1-5,8H,6H2,(H,11,12);/q;+1/p-1. The van der Waals surface area contributed by atoms with Crippen molar-refractivity contribution in [1.29, 1.82) is 0 Å². The van der Waals surface area contributed by atoms with Crippen LogP contribution in [-0.4, -0.2) is 18.6 Å². The Hall–Kier alpha value is -0.923. The minimum Gasteiger partial charge on any atom is -0.766 e. The number of hydrogen-bond acceptors (Lipinski definition) is 6. The van der Waals surface area contributed by atoms with E-state index in [1.54, 1.807) is 18.2 Å². The topological polar surface area (TPSA) is 84.9 Å². The molecule has 0 aromatic heterocycles. The van der Waals surface area contributed by atoms with E-state index in [-0.39, 0.29) is 31.2 Å². The third-order valence-electron chi connectivity index (χ3n) is 1.90. The second kappa shape index (κ2) is 5.61. The van der Waals surface area contributed by atoms with E-state index in [2.05, 4.69) is 9.47 Å². The predicted octanol–water partition coefficient (Wildman–Crippen LogP) is -1.88. The normalized spacial score (nSPS) is 21.7. The summed E-state index contributed by atoms with van der Waals surface area (Å²) in [5.41, 5.74) is 0. The molecule has 1 heterocycles. The molecule has 1 fully saturated rings. The summed E-state index contributed by atoms with van der Waals surface area (Å²) < 4.78 is 25.2. The SMILES string of the molecule is O=C1OCC(P(=O)([O-])Oc2ccccc2)O1.[Li+]. The van der Waals surface area contributed by atoms with Crippen molar-refractivity contribution in [3.8, 4) is 5.75 Å². The summed E-state index contributed by atoms with van der Waals surface area (Å²) >= 11 is 0. The monoisotopic (exact) mass is 250 g/mol. The minimum atomic E-state index is -4.32. The molecule has 8 heteroatoms. The fourth-order valence-corrected chi connectivity index (χ4v) is 2.17. The molecule has 0 spiro atoms. The summed E-state index contributed by atoms with van der Waals surface area (Å²) in [6.45, 7) is -0.341. The van der Waals surface area contributed by atoms with Gasteiger partial charge in [-0.2, -0.15) is 0 Å². The van der Waals surface area contributed by atoms with Crippen LogP contribution in [0.2, 0.25) is 0 Å². The molecule has 1 aliphatic heterocycles. The third kappa shape index (κ3) is 3.52. The van der Waals surface area contributed by atoms with Gasteiger partial charge in [-0.05, 0) is 12.1 Å². The fourth-order valence-electron chi connectivity index (χ4n) is 1.16. The molecule has 1 aromatic carbocycles. The van der Waals surface area contributed by atoms with Crippen molar-refractivity contribution < 1.29 is 47.1 Å². The number of rotatable bonds is 3. The Morgan fingerprint density at radius 2 is 2.00 bits per heavy atom. The summed E-state index contributed by atoms with van der Waals surface area (Å²) in [4.78, 5) is 22.2. The van der Waals surface area contributed by atoms with Crippen LogP contribution in [0.15, 0.2) is 30.3 Å². The van der Waals surface area contributed by atoms with Crippen LogP contribution in [-0.2, 0) is 14.0 Å². The molecule has 2 unspecified atom stereocenters. The molecule has 86 valence electrons. The van der Waals surface area contributed by atoms with Gasteiger partial charge in [-0.1, -0.05) is 18.2 Å². The molecule has 1 aliphatic rings. The number of hydrogen-bond donors (Lipinski definition) is 0. The van der Waals surface area contributed by atoms with Crippen molar-refractivity contribution in [2.75, 3.05) is 6.61 Å². The number of cyclic esters (lactones) is 2. The van der Waals surface area contributed by atoms with E-state index >= 15 is 0 Å². The molecule has 6 nitrogen and oxygen atoms in total. The van der Waals surface area contributed by atoms with Gasteiger partial charge in [0, 0.05) is 0 Å². The Morgan fingerprint density at radius 3 is 2.53 bits per heavy atom. The maximum absolute atomic E-state index is 11.6. The van der Waals surface area contributed by atoms with Crippen LogP contribution in [0.1, 0.15) is 0 Å². The summed E-state index contributed by atoms with van der Waals surface area (Å²) in [6, 6.07) is 7.96. The van der Waals surface area contributed by atoms with Gasteiger partial charge in [0.1, 0.15) is 12.4 Å². The van der Waals surface area contributed by atoms with Gasteiger partial charge in [0.2, 0.25) is 13.4 Å². The number of benzene rings is 1. The first-order valence-electron chi connectivity index (χ1n) is 4.47. The number of carbonyl (C=O) groups is 1. The quantitative estimate of drug-likeness (QED) is 0.354. The van der Waals surface area contributed by atoms with Crippen LogP contribution >= 0.6 is 7.60 Å². The van der Waals surface area contributed by atoms with E-state index in [1.807, 2.05) is 0 Å². The van der Waals surface area contributed by atoms with Crippen LogP contribution < -0.4 is 28.3 Å². The number of carbonyl (C=O) groups excluding carboxylic acids is 1. The zero-order chi connectivity index (χ0) is 11.6. The fraction of sp³-hybridized carbons (Fsp3) is 0.222. The first-order valence-corrected chi connectivity index (χ1v) is 6.08. The summed E-state index contributed by atoms with van der Waals surface area (Å²) in [5, 5.41) is 0. The van der Waals surface area contributed by atoms with Crippen molar-refractivity contribution in [3.63, 3.8) is 0 Å². The van der Waals surface area contributed by atoms with Gasteiger partial charge in [-0.15, -0.1) is 0 Å². The van der Waals surface area contributed by atoms with Gasteiger partial charge in [-0.25, -0.2) is 4.79 Å². The molecule has 0 N–H and O–H groups in total. The van der Waals surface area contributed by atoms with E-state index in [0.29, 0.717) is 0 Å². The zero-order valence-corrected chi connectivity index (χ0v) is 9.96. The molecule has 0 amide bonds. The van der Waals surface area contributed by atoms with E-state index in [1.165, 1.54) is 12.1 Å². The van der Waals surface area contributed by atoms with Crippen LogP contribution in [0.25, 0.3) is 0 Å². The van der Waals surface area contributed by atoms with E-state index in [4.69, 9.17) is 4.52 Å². The Kier molecular flexibility index (Phi) is 4.67. The maximum Gasteiger partial charge on any atom is 1.00 e. The molecule has 2 rings (SSSR count). The molecule has 0 aliphatic carbocycles. The zero-order valence-electron chi connectivity index (χ0n) is 9.07. The summed E-state index contributed by atoms with van der Waals surface area (Å²) in [6.07, 6.45) is -1.00. The van der Waals surface area contributed by atoms with Gasteiger partial charge in [0.25, 0.3) is 0 Å². The van der Waals surface area contributed by atoms with E-state index in [9.17, 15) is 14.3 Å². The Labute approximate surface area is 110 Å². The maximum atomic E-state index is 11.6. The van der Waals surface area contributed by atoms with Crippen LogP contribution in [0.4, 0.5) is 4.79 Å². The predicted molar refractivity (Wildman–Crippen MR) is 50.9 cm³/mol. The summed E-state index contributed by atoms with van der Waals surface area (Å²) in [7, 11) is -4.32. The molecule has 0 saturated carbocycles. The molecule has 2 atom stereocenters. The van der Waals surface area contributed by atoms with Crippen molar-refractivity contribution in [2.24, 2.45) is 0 Å².